The first kappa shape index (κ1) is 13.7. The Morgan fingerprint density at radius 3 is 2.39 bits per heavy atom. The predicted molar refractivity (Wildman–Crippen MR) is 76.7 cm³/mol. The maximum absolute atomic E-state index is 6.12. The lowest BCUT2D eigenvalue weighted by molar-refractivity contribution is 0.263. The number of hydrogen-bond donors (Lipinski definition) is 1. The number of guanidine groups is 1. The van der Waals surface area contributed by atoms with Gasteiger partial charge in [0.05, 0.1) is 6.54 Å². The van der Waals surface area contributed by atoms with Crippen LogP contribution in [0.1, 0.15) is 32.6 Å². The van der Waals surface area contributed by atoms with Crippen LogP contribution >= 0.6 is 0 Å². The SMILES string of the molecule is CC1CCN(C(N)=NCC(C2CC2)N(C)C)CC1. The summed E-state index contributed by atoms with van der Waals surface area (Å²) in [7, 11) is 4.30. The first-order chi connectivity index (χ1) is 8.58. The Labute approximate surface area is 111 Å². The van der Waals surface area contributed by atoms with E-state index in [4.69, 9.17) is 5.73 Å². The predicted octanol–water partition coefficient (Wildman–Crippen LogP) is 1.37. The zero-order valence-corrected chi connectivity index (χ0v) is 12.1. The van der Waals surface area contributed by atoms with Crippen molar-refractivity contribution in [2.75, 3.05) is 33.7 Å². The molecule has 4 nitrogen and oxygen atoms in total. The van der Waals surface area contributed by atoms with Gasteiger partial charge in [0.25, 0.3) is 0 Å². The molecule has 1 aliphatic carbocycles. The molecule has 2 aliphatic rings. The normalized spacial score (nSPS) is 24.7. The summed E-state index contributed by atoms with van der Waals surface area (Å²) >= 11 is 0. The number of likely N-dealkylation sites (tertiary alicyclic amines) is 1. The van der Waals surface area contributed by atoms with Crippen LogP contribution < -0.4 is 5.73 Å². The summed E-state index contributed by atoms with van der Waals surface area (Å²) in [4.78, 5) is 9.18. The molecule has 1 heterocycles. The molecule has 1 unspecified atom stereocenters. The highest BCUT2D eigenvalue weighted by atomic mass is 15.3. The summed E-state index contributed by atoms with van der Waals surface area (Å²) in [5, 5.41) is 0. The van der Waals surface area contributed by atoms with Crippen molar-refractivity contribution in [1.82, 2.24) is 9.80 Å². The lowest BCUT2D eigenvalue weighted by Gasteiger charge is -2.31. The largest absolute Gasteiger partial charge is 0.370 e. The second-order valence-corrected chi connectivity index (χ2v) is 6.24. The van der Waals surface area contributed by atoms with Crippen LogP contribution in [0.25, 0.3) is 0 Å². The maximum atomic E-state index is 6.12. The Bertz CT molecular complexity index is 286. The number of nitrogens with zero attached hydrogens (tertiary/aromatic N) is 3. The molecule has 0 aromatic heterocycles. The van der Waals surface area contributed by atoms with Crippen molar-refractivity contribution in [3.63, 3.8) is 0 Å². The number of likely N-dealkylation sites (N-methyl/N-ethyl adjacent to an activating group) is 1. The number of rotatable bonds is 4. The van der Waals surface area contributed by atoms with Crippen LogP contribution in [0.5, 0.6) is 0 Å². The van der Waals surface area contributed by atoms with Crippen molar-refractivity contribution in [3.8, 4) is 0 Å². The molecule has 0 aromatic carbocycles. The van der Waals surface area contributed by atoms with E-state index in [2.05, 4.69) is 35.8 Å². The Morgan fingerprint density at radius 1 is 1.28 bits per heavy atom. The quantitative estimate of drug-likeness (QED) is 0.607. The lowest BCUT2D eigenvalue weighted by atomic mass is 10.00. The minimum Gasteiger partial charge on any atom is -0.370 e. The summed E-state index contributed by atoms with van der Waals surface area (Å²) < 4.78 is 0. The van der Waals surface area contributed by atoms with Gasteiger partial charge in [-0.15, -0.1) is 0 Å². The Balaban J connectivity index is 1.83. The van der Waals surface area contributed by atoms with Gasteiger partial charge >= 0.3 is 0 Å². The maximum Gasteiger partial charge on any atom is 0.191 e. The molecule has 0 amide bonds. The molecule has 0 spiro atoms. The first-order valence-corrected chi connectivity index (χ1v) is 7.29. The van der Waals surface area contributed by atoms with Gasteiger partial charge in [-0.1, -0.05) is 6.92 Å². The van der Waals surface area contributed by atoms with Crippen LogP contribution in [-0.4, -0.2) is 55.5 Å². The topological polar surface area (TPSA) is 44.9 Å². The fourth-order valence-electron chi connectivity index (χ4n) is 2.74. The van der Waals surface area contributed by atoms with Crippen molar-refractivity contribution in [3.05, 3.63) is 0 Å². The molecule has 4 heteroatoms. The van der Waals surface area contributed by atoms with Gasteiger partial charge in [-0.05, 0) is 51.6 Å². The standard InChI is InChI=1S/C14H28N4/c1-11-6-8-18(9-7-11)14(15)16-10-13(17(2)3)12-4-5-12/h11-13H,4-10H2,1-3H3,(H2,15,16). The van der Waals surface area contributed by atoms with E-state index in [0.29, 0.717) is 6.04 Å². The molecule has 0 bridgehead atoms. The third kappa shape index (κ3) is 3.61. The van der Waals surface area contributed by atoms with Crippen LogP contribution in [0, 0.1) is 11.8 Å². The third-order valence-corrected chi connectivity index (χ3v) is 4.38. The average Bonchev–Trinajstić information content (AvgIpc) is 3.14. The minimum atomic E-state index is 0.576. The van der Waals surface area contributed by atoms with Crippen molar-refractivity contribution in [1.29, 1.82) is 0 Å². The minimum absolute atomic E-state index is 0.576. The molecule has 1 aliphatic heterocycles. The van der Waals surface area contributed by atoms with E-state index in [1.807, 2.05) is 0 Å². The van der Waals surface area contributed by atoms with E-state index in [1.165, 1.54) is 25.7 Å². The molecule has 1 saturated carbocycles. The van der Waals surface area contributed by atoms with Crippen LogP contribution in [0.3, 0.4) is 0 Å². The number of piperidine rings is 1. The van der Waals surface area contributed by atoms with Crippen LogP contribution in [0.2, 0.25) is 0 Å². The summed E-state index contributed by atoms with van der Waals surface area (Å²) in [6.45, 7) is 5.33. The first-order valence-electron chi connectivity index (χ1n) is 7.29. The third-order valence-electron chi connectivity index (χ3n) is 4.38. The van der Waals surface area contributed by atoms with E-state index in [-0.39, 0.29) is 0 Å². The second-order valence-electron chi connectivity index (χ2n) is 6.24. The van der Waals surface area contributed by atoms with Gasteiger partial charge in [0.15, 0.2) is 5.96 Å². The summed E-state index contributed by atoms with van der Waals surface area (Å²) in [6, 6.07) is 0.576. The zero-order valence-electron chi connectivity index (χ0n) is 12.1. The van der Waals surface area contributed by atoms with E-state index >= 15 is 0 Å². The molecular weight excluding hydrogens is 224 g/mol. The number of nitrogens with two attached hydrogens (primary N) is 1. The van der Waals surface area contributed by atoms with Crippen LogP contribution in [0.4, 0.5) is 0 Å². The van der Waals surface area contributed by atoms with Crippen molar-refractivity contribution in [2.24, 2.45) is 22.6 Å². The fourth-order valence-corrected chi connectivity index (χ4v) is 2.74. The molecule has 18 heavy (non-hydrogen) atoms. The van der Waals surface area contributed by atoms with Crippen LogP contribution in [0.15, 0.2) is 4.99 Å². The highest BCUT2D eigenvalue weighted by Gasteiger charge is 2.32. The number of hydrogen-bond acceptors (Lipinski definition) is 2. The molecule has 1 saturated heterocycles. The van der Waals surface area contributed by atoms with Crippen molar-refractivity contribution >= 4 is 5.96 Å². The van der Waals surface area contributed by atoms with Gasteiger partial charge < -0.3 is 15.5 Å². The summed E-state index contributed by atoms with van der Waals surface area (Å²) in [6.07, 6.45) is 5.21. The summed E-state index contributed by atoms with van der Waals surface area (Å²) in [5.41, 5.74) is 6.12. The van der Waals surface area contributed by atoms with Crippen molar-refractivity contribution in [2.45, 2.75) is 38.6 Å². The van der Waals surface area contributed by atoms with Crippen molar-refractivity contribution < 1.29 is 0 Å². The van der Waals surface area contributed by atoms with Gasteiger partial charge in [0.2, 0.25) is 0 Å². The highest BCUT2D eigenvalue weighted by Crippen LogP contribution is 2.34. The molecule has 104 valence electrons. The fraction of sp³-hybridized carbons (Fsp3) is 0.929. The van der Waals surface area contributed by atoms with Gasteiger partial charge in [-0.25, -0.2) is 0 Å². The molecule has 0 aromatic rings. The molecule has 2 rings (SSSR count). The van der Waals surface area contributed by atoms with Gasteiger partial charge in [0.1, 0.15) is 0 Å². The Hall–Kier alpha value is -0.770. The Kier molecular flexibility index (Phi) is 4.49. The second kappa shape index (κ2) is 5.91. The molecule has 0 radical (unpaired) electrons. The molecule has 1 atom stereocenters. The smallest absolute Gasteiger partial charge is 0.191 e. The van der Waals surface area contributed by atoms with Gasteiger partial charge in [-0.2, -0.15) is 0 Å². The highest BCUT2D eigenvalue weighted by molar-refractivity contribution is 5.78. The van der Waals surface area contributed by atoms with E-state index in [9.17, 15) is 0 Å². The molecular formula is C14H28N4. The van der Waals surface area contributed by atoms with Gasteiger partial charge in [-0.3, -0.25) is 4.99 Å². The zero-order chi connectivity index (χ0) is 13.1. The average molecular weight is 252 g/mol. The van der Waals surface area contributed by atoms with E-state index in [0.717, 1.165) is 37.4 Å². The lowest BCUT2D eigenvalue weighted by Crippen LogP contribution is -2.43. The monoisotopic (exact) mass is 252 g/mol. The Morgan fingerprint density at radius 2 is 1.89 bits per heavy atom. The number of aliphatic imine (C=N–C) groups is 1. The van der Waals surface area contributed by atoms with Gasteiger partial charge in [0, 0.05) is 19.1 Å². The van der Waals surface area contributed by atoms with E-state index in [1.54, 1.807) is 0 Å². The van der Waals surface area contributed by atoms with E-state index < -0.39 is 0 Å². The van der Waals surface area contributed by atoms with Crippen LogP contribution in [-0.2, 0) is 0 Å². The summed E-state index contributed by atoms with van der Waals surface area (Å²) in [5.74, 6) is 2.45. The molecule has 2 fully saturated rings. The molecule has 2 N–H and O–H groups in total.